The molecule has 1 heterocycles. The van der Waals surface area contributed by atoms with Crippen LogP contribution in [0.3, 0.4) is 0 Å². The molecule has 0 radical (unpaired) electrons. The number of benzene rings is 5. The van der Waals surface area contributed by atoms with Crippen molar-refractivity contribution in [2.75, 3.05) is 0 Å². The van der Waals surface area contributed by atoms with E-state index in [2.05, 4.69) is 4.98 Å². The molecule has 1 aromatic heterocycles. The smallest absolute Gasteiger partial charge is 0.416 e. The Balaban J connectivity index is 1.26. The van der Waals surface area contributed by atoms with Gasteiger partial charge in [0.1, 0.15) is 5.52 Å². The summed E-state index contributed by atoms with van der Waals surface area (Å²) in [5.74, 6) is 0.521. The number of alkyl halides is 6. The van der Waals surface area contributed by atoms with Crippen molar-refractivity contribution in [2.24, 2.45) is 0 Å². The van der Waals surface area contributed by atoms with Crippen LogP contribution in [0.15, 0.2) is 120 Å². The summed E-state index contributed by atoms with van der Waals surface area (Å²) in [4.78, 5) is 4.56. The van der Waals surface area contributed by atoms with Gasteiger partial charge >= 0.3 is 12.4 Å². The SMILES string of the molecule is FC(F)(F)c1cc(-c2ccc(-c3ccc(-c4cccc(-c5nc6ccccc6o5)c4)cc3)cc2)cc(C(F)(F)F)c1. The summed E-state index contributed by atoms with van der Waals surface area (Å²) in [6.45, 7) is 0. The van der Waals surface area contributed by atoms with Crippen molar-refractivity contribution in [1.82, 2.24) is 4.98 Å². The largest absolute Gasteiger partial charge is 0.436 e. The van der Waals surface area contributed by atoms with Gasteiger partial charge in [-0.2, -0.15) is 26.3 Å². The van der Waals surface area contributed by atoms with E-state index in [1.54, 1.807) is 12.1 Å². The Morgan fingerprint density at radius 1 is 0.439 bits per heavy atom. The van der Waals surface area contributed by atoms with Crippen LogP contribution in [0.1, 0.15) is 11.1 Å². The van der Waals surface area contributed by atoms with Crippen LogP contribution >= 0.6 is 0 Å². The van der Waals surface area contributed by atoms with E-state index in [1.807, 2.05) is 72.8 Å². The van der Waals surface area contributed by atoms with Crippen molar-refractivity contribution in [3.63, 3.8) is 0 Å². The second kappa shape index (κ2) is 9.96. The Labute approximate surface area is 230 Å². The highest BCUT2D eigenvalue weighted by Crippen LogP contribution is 2.39. The van der Waals surface area contributed by atoms with Gasteiger partial charge in [-0.05, 0) is 75.8 Å². The van der Waals surface area contributed by atoms with Gasteiger partial charge < -0.3 is 4.42 Å². The maximum atomic E-state index is 13.3. The molecule has 0 bridgehead atoms. The average Bonchev–Trinajstić information content (AvgIpc) is 3.41. The number of para-hydroxylation sites is 2. The number of hydrogen-bond donors (Lipinski definition) is 0. The summed E-state index contributed by atoms with van der Waals surface area (Å²) in [7, 11) is 0. The summed E-state index contributed by atoms with van der Waals surface area (Å²) >= 11 is 0. The van der Waals surface area contributed by atoms with Crippen LogP contribution in [0.25, 0.3) is 55.9 Å². The Kier molecular flexibility index (Phi) is 6.41. The quantitative estimate of drug-likeness (QED) is 0.201. The van der Waals surface area contributed by atoms with Gasteiger partial charge in [-0.1, -0.05) is 72.8 Å². The lowest BCUT2D eigenvalue weighted by Gasteiger charge is -2.14. The molecule has 5 aromatic carbocycles. The summed E-state index contributed by atoms with van der Waals surface area (Å²) < 4.78 is 85.5. The van der Waals surface area contributed by atoms with Crippen LogP contribution in [-0.2, 0) is 12.4 Å². The standard InChI is InChI=1S/C33H19F6NO/c34-32(35,36)27-17-26(18-28(19-27)33(37,38)39)23-14-10-21(11-15-23)20-8-12-22(13-9-20)24-4-3-5-25(16-24)31-40-29-6-1-2-7-30(29)41-31/h1-19H. The first kappa shape index (κ1) is 26.4. The van der Waals surface area contributed by atoms with Crippen molar-refractivity contribution in [2.45, 2.75) is 12.4 Å². The van der Waals surface area contributed by atoms with E-state index in [4.69, 9.17) is 4.42 Å². The Hall–Kier alpha value is -4.85. The molecule has 2 nitrogen and oxygen atoms in total. The molecule has 204 valence electrons. The van der Waals surface area contributed by atoms with Crippen LogP contribution in [0, 0.1) is 0 Å². The van der Waals surface area contributed by atoms with Crippen LogP contribution in [0.5, 0.6) is 0 Å². The molecule has 0 aliphatic carbocycles. The molecule has 0 aliphatic rings. The molecule has 0 saturated carbocycles. The van der Waals surface area contributed by atoms with Crippen LogP contribution in [0.2, 0.25) is 0 Å². The van der Waals surface area contributed by atoms with Gasteiger partial charge in [0.05, 0.1) is 11.1 Å². The van der Waals surface area contributed by atoms with Gasteiger partial charge in [-0.3, -0.25) is 0 Å². The van der Waals surface area contributed by atoms with Crippen LogP contribution in [0.4, 0.5) is 26.3 Å². The summed E-state index contributed by atoms with van der Waals surface area (Å²) in [5.41, 5.74) is 3.23. The third-order valence-corrected chi connectivity index (χ3v) is 6.76. The monoisotopic (exact) mass is 559 g/mol. The molecule has 8 heteroatoms. The maximum Gasteiger partial charge on any atom is 0.416 e. The number of aromatic nitrogens is 1. The lowest BCUT2D eigenvalue weighted by molar-refractivity contribution is -0.143. The van der Waals surface area contributed by atoms with Gasteiger partial charge in [0, 0.05) is 5.56 Å². The number of nitrogens with zero attached hydrogens (tertiary/aromatic N) is 1. The molecular formula is C33H19F6NO. The summed E-state index contributed by atoms with van der Waals surface area (Å²) in [5, 5.41) is 0. The first-order valence-electron chi connectivity index (χ1n) is 12.5. The molecule has 6 aromatic rings. The van der Waals surface area contributed by atoms with Crippen molar-refractivity contribution in [3.8, 4) is 44.8 Å². The maximum absolute atomic E-state index is 13.3. The number of oxazole rings is 1. The zero-order chi connectivity index (χ0) is 28.8. The zero-order valence-corrected chi connectivity index (χ0v) is 21.1. The van der Waals surface area contributed by atoms with Crippen LogP contribution < -0.4 is 0 Å². The van der Waals surface area contributed by atoms with Crippen molar-refractivity contribution >= 4 is 11.1 Å². The van der Waals surface area contributed by atoms with E-state index >= 15 is 0 Å². The molecule has 6 rings (SSSR count). The van der Waals surface area contributed by atoms with E-state index < -0.39 is 23.5 Å². The summed E-state index contributed by atoms with van der Waals surface area (Å²) in [6, 6.07) is 31.0. The first-order valence-corrected chi connectivity index (χ1v) is 12.5. The van der Waals surface area contributed by atoms with Gasteiger partial charge in [0.15, 0.2) is 5.58 Å². The molecule has 0 fully saturated rings. The molecule has 0 aliphatic heterocycles. The predicted molar refractivity (Wildman–Crippen MR) is 146 cm³/mol. The topological polar surface area (TPSA) is 26.0 Å². The fourth-order valence-corrected chi connectivity index (χ4v) is 4.66. The van der Waals surface area contributed by atoms with E-state index in [-0.39, 0.29) is 17.2 Å². The van der Waals surface area contributed by atoms with Crippen molar-refractivity contribution < 1.29 is 30.8 Å². The molecule has 0 spiro atoms. The highest BCUT2D eigenvalue weighted by atomic mass is 19.4. The predicted octanol–water partition coefficient (Wildman–Crippen LogP) is 10.5. The Morgan fingerprint density at radius 3 is 1.46 bits per heavy atom. The molecule has 0 amide bonds. The fourth-order valence-electron chi connectivity index (χ4n) is 4.66. The second-order valence-electron chi connectivity index (χ2n) is 9.52. The highest BCUT2D eigenvalue weighted by Gasteiger charge is 2.37. The second-order valence-corrected chi connectivity index (χ2v) is 9.52. The number of fused-ring (bicyclic) bond motifs is 1. The third kappa shape index (κ3) is 5.45. The van der Waals surface area contributed by atoms with E-state index in [0.29, 0.717) is 11.5 Å². The lowest BCUT2D eigenvalue weighted by atomic mass is 9.96. The minimum Gasteiger partial charge on any atom is -0.436 e. The molecule has 0 saturated heterocycles. The van der Waals surface area contributed by atoms with Gasteiger partial charge in [0.25, 0.3) is 0 Å². The van der Waals surface area contributed by atoms with E-state index in [1.165, 1.54) is 12.1 Å². The van der Waals surface area contributed by atoms with E-state index in [0.717, 1.165) is 45.5 Å². The highest BCUT2D eigenvalue weighted by molar-refractivity contribution is 5.78. The van der Waals surface area contributed by atoms with Gasteiger partial charge in [0.2, 0.25) is 5.89 Å². The molecule has 0 N–H and O–H groups in total. The normalized spacial score (nSPS) is 12.1. The van der Waals surface area contributed by atoms with Crippen molar-refractivity contribution in [1.29, 1.82) is 0 Å². The minimum atomic E-state index is -4.90. The molecule has 41 heavy (non-hydrogen) atoms. The van der Waals surface area contributed by atoms with E-state index in [9.17, 15) is 26.3 Å². The zero-order valence-electron chi connectivity index (χ0n) is 21.1. The Bertz CT molecular complexity index is 1780. The number of halogens is 6. The molecule has 0 atom stereocenters. The fraction of sp³-hybridized carbons (Fsp3) is 0.0606. The average molecular weight is 560 g/mol. The number of rotatable bonds is 4. The molecule has 0 unspecified atom stereocenters. The lowest BCUT2D eigenvalue weighted by Crippen LogP contribution is -2.11. The molecular weight excluding hydrogens is 540 g/mol. The van der Waals surface area contributed by atoms with Gasteiger partial charge in [-0.15, -0.1) is 0 Å². The Morgan fingerprint density at radius 2 is 0.927 bits per heavy atom. The number of hydrogen-bond acceptors (Lipinski definition) is 2. The van der Waals surface area contributed by atoms with Gasteiger partial charge in [-0.25, -0.2) is 4.98 Å². The summed E-state index contributed by atoms with van der Waals surface area (Å²) in [6.07, 6.45) is -9.81. The first-order chi connectivity index (χ1) is 19.5. The van der Waals surface area contributed by atoms with Crippen molar-refractivity contribution in [3.05, 3.63) is 126 Å². The minimum absolute atomic E-state index is 0.127. The third-order valence-electron chi connectivity index (χ3n) is 6.76. The van der Waals surface area contributed by atoms with Crippen LogP contribution in [-0.4, -0.2) is 4.98 Å².